The topological polar surface area (TPSA) is 53.2 Å². The fraction of sp³-hybridized carbons (Fsp3) is 0.938. The highest BCUT2D eigenvalue weighted by atomic mass is 16.5. The minimum absolute atomic E-state index is 0.302. The van der Waals surface area contributed by atoms with Crippen LogP contribution >= 0.6 is 0 Å². The third-order valence-corrected chi connectivity index (χ3v) is 5.49. The average molecular weight is 265 g/mol. The number of rotatable bonds is 1. The van der Waals surface area contributed by atoms with Crippen LogP contribution in [-0.2, 0) is 4.74 Å². The number of ether oxygens (including phenoxy) is 1. The molecule has 1 aliphatic heterocycles. The lowest BCUT2D eigenvalue weighted by Gasteiger charge is -2.50. The van der Waals surface area contributed by atoms with Gasteiger partial charge in [-0.05, 0) is 49.9 Å². The van der Waals surface area contributed by atoms with E-state index in [0.29, 0.717) is 37.4 Å². The number of hydrogen-bond acceptors (Lipinski definition) is 3. The Morgan fingerprint density at radius 3 is 2.05 bits per heavy atom. The van der Waals surface area contributed by atoms with Crippen LogP contribution in [0.5, 0.6) is 0 Å². The van der Waals surface area contributed by atoms with Crippen LogP contribution in [0.3, 0.4) is 0 Å². The zero-order chi connectivity index (χ0) is 14.1. The Labute approximate surface area is 117 Å². The largest absolute Gasteiger partial charge is 0.388 e. The monoisotopic (exact) mass is 265 g/mol. The van der Waals surface area contributed by atoms with Gasteiger partial charge in [-0.3, -0.25) is 0 Å². The van der Waals surface area contributed by atoms with Gasteiger partial charge in [-0.15, -0.1) is 0 Å². The Morgan fingerprint density at radius 1 is 1.11 bits per heavy atom. The van der Waals surface area contributed by atoms with Crippen molar-refractivity contribution < 1.29 is 9.84 Å². The van der Waals surface area contributed by atoms with E-state index in [1.165, 1.54) is 0 Å². The van der Waals surface area contributed by atoms with Gasteiger partial charge in [0.2, 0.25) is 0 Å². The summed E-state index contributed by atoms with van der Waals surface area (Å²) in [5.74, 6) is 0.656. The van der Waals surface area contributed by atoms with Crippen molar-refractivity contribution in [2.75, 3.05) is 13.2 Å². The lowest BCUT2D eigenvalue weighted by molar-refractivity contribution is -0.133. The first kappa shape index (κ1) is 14.8. The first-order valence-electron chi connectivity index (χ1n) is 7.54. The zero-order valence-electron chi connectivity index (χ0n) is 12.5. The molecule has 0 aromatic heterocycles. The van der Waals surface area contributed by atoms with Gasteiger partial charge in [0, 0.05) is 13.2 Å². The minimum Gasteiger partial charge on any atom is -0.388 e. The highest BCUT2D eigenvalue weighted by Crippen LogP contribution is 2.51. The third-order valence-electron chi connectivity index (χ3n) is 5.49. The summed E-state index contributed by atoms with van der Waals surface area (Å²) in [5, 5.41) is 20.7. The van der Waals surface area contributed by atoms with E-state index in [9.17, 15) is 10.4 Å². The molecular formula is C16H27NO2. The van der Waals surface area contributed by atoms with Crippen LogP contribution in [0.4, 0.5) is 0 Å². The van der Waals surface area contributed by atoms with Gasteiger partial charge < -0.3 is 9.84 Å². The Kier molecular flexibility index (Phi) is 3.95. The molecule has 0 spiro atoms. The van der Waals surface area contributed by atoms with Crippen LogP contribution in [0.15, 0.2) is 0 Å². The minimum atomic E-state index is -0.798. The first-order valence-corrected chi connectivity index (χ1v) is 7.54. The second kappa shape index (κ2) is 5.07. The fourth-order valence-corrected chi connectivity index (χ4v) is 3.84. The standard InChI is InChI=1S/C16H27NO2/c1-14(2,3)13-4-6-16(18,7-5-13)15(12-17)8-10-19-11-9-15/h13,18H,4-11H2,1-3H3. The molecular weight excluding hydrogens is 238 g/mol. The predicted molar refractivity (Wildman–Crippen MR) is 74.5 cm³/mol. The Morgan fingerprint density at radius 2 is 1.63 bits per heavy atom. The van der Waals surface area contributed by atoms with E-state index in [1.807, 2.05) is 0 Å². The maximum Gasteiger partial charge on any atom is 0.0903 e. The maximum atomic E-state index is 11.1. The highest BCUT2D eigenvalue weighted by molar-refractivity contribution is 5.13. The van der Waals surface area contributed by atoms with Crippen molar-refractivity contribution in [1.29, 1.82) is 5.26 Å². The van der Waals surface area contributed by atoms with E-state index in [2.05, 4.69) is 26.8 Å². The van der Waals surface area contributed by atoms with Crippen molar-refractivity contribution in [3.63, 3.8) is 0 Å². The molecule has 0 radical (unpaired) electrons. The van der Waals surface area contributed by atoms with Crippen molar-refractivity contribution in [1.82, 2.24) is 0 Å². The van der Waals surface area contributed by atoms with Crippen molar-refractivity contribution in [2.24, 2.45) is 16.7 Å². The van der Waals surface area contributed by atoms with Crippen LogP contribution in [0.25, 0.3) is 0 Å². The van der Waals surface area contributed by atoms with Crippen molar-refractivity contribution in [3.8, 4) is 6.07 Å². The van der Waals surface area contributed by atoms with E-state index >= 15 is 0 Å². The van der Waals surface area contributed by atoms with Crippen LogP contribution in [0.1, 0.15) is 59.3 Å². The van der Waals surface area contributed by atoms with Crippen molar-refractivity contribution in [2.45, 2.75) is 64.9 Å². The van der Waals surface area contributed by atoms with Crippen LogP contribution in [0.2, 0.25) is 0 Å². The van der Waals surface area contributed by atoms with Gasteiger partial charge in [-0.1, -0.05) is 20.8 Å². The molecule has 1 saturated carbocycles. The number of nitrogens with zero attached hydrogens (tertiary/aromatic N) is 1. The second-order valence-electron chi connectivity index (χ2n) is 7.48. The van der Waals surface area contributed by atoms with E-state index < -0.39 is 11.0 Å². The average Bonchev–Trinajstić information content (AvgIpc) is 2.39. The maximum absolute atomic E-state index is 11.1. The molecule has 2 fully saturated rings. The van der Waals surface area contributed by atoms with Crippen LogP contribution in [0, 0.1) is 28.1 Å². The molecule has 1 aliphatic carbocycles. The molecule has 1 N–H and O–H groups in total. The molecule has 0 aromatic rings. The molecule has 108 valence electrons. The van der Waals surface area contributed by atoms with Crippen molar-refractivity contribution in [3.05, 3.63) is 0 Å². The zero-order valence-corrected chi connectivity index (χ0v) is 12.5. The highest BCUT2D eigenvalue weighted by Gasteiger charge is 2.53. The molecule has 1 heterocycles. The summed E-state index contributed by atoms with van der Waals surface area (Å²) in [4.78, 5) is 0. The molecule has 3 heteroatoms. The number of aliphatic hydroxyl groups is 1. The van der Waals surface area contributed by atoms with Gasteiger partial charge in [0.25, 0.3) is 0 Å². The second-order valence-corrected chi connectivity index (χ2v) is 7.48. The molecule has 2 rings (SSSR count). The Balaban J connectivity index is 2.10. The molecule has 0 amide bonds. The normalized spacial score (nSPS) is 35.6. The van der Waals surface area contributed by atoms with Crippen LogP contribution in [-0.4, -0.2) is 23.9 Å². The molecule has 0 unspecified atom stereocenters. The molecule has 0 bridgehead atoms. The SMILES string of the molecule is CC(C)(C)C1CCC(O)(C2(C#N)CCOCC2)CC1. The summed E-state index contributed by atoms with van der Waals surface area (Å²) in [6.07, 6.45) is 4.96. The van der Waals surface area contributed by atoms with Crippen LogP contribution < -0.4 is 0 Å². The van der Waals surface area contributed by atoms with E-state index in [4.69, 9.17) is 4.74 Å². The molecule has 1 saturated heterocycles. The van der Waals surface area contributed by atoms with Gasteiger partial charge in [-0.2, -0.15) is 5.26 Å². The Bertz CT molecular complexity index is 350. The first-order chi connectivity index (χ1) is 8.83. The summed E-state index contributed by atoms with van der Waals surface area (Å²) in [7, 11) is 0. The molecule has 2 aliphatic rings. The van der Waals surface area contributed by atoms with Gasteiger partial charge in [-0.25, -0.2) is 0 Å². The lowest BCUT2D eigenvalue weighted by atomic mass is 9.58. The van der Waals surface area contributed by atoms with Gasteiger partial charge >= 0.3 is 0 Å². The Hall–Kier alpha value is -0.590. The third kappa shape index (κ3) is 2.66. The molecule has 0 atom stereocenters. The molecule has 0 aromatic carbocycles. The van der Waals surface area contributed by atoms with E-state index in [-0.39, 0.29) is 0 Å². The number of hydrogen-bond donors (Lipinski definition) is 1. The number of nitriles is 1. The van der Waals surface area contributed by atoms with E-state index in [1.54, 1.807) is 0 Å². The summed E-state index contributed by atoms with van der Waals surface area (Å²) < 4.78 is 5.38. The smallest absolute Gasteiger partial charge is 0.0903 e. The van der Waals surface area contributed by atoms with Crippen molar-refractivity contribution >= 4 is 0 Å². The van der Waals surface area contributed by atoms with Gasteiger partial charge in [0.15, 0.2) is 0 Å². The molecule has 19 heavy (non-hydrogen) atoms. The summed E-state index contributed by atoms with van der Waals surface area (Å²) in [6.45, 7) is 8.04. The summed E-state index contributed by atoms with van der Waals surface area (Å²) in [5.41, 5.74) is -1.07. The quantitative estimate of drug-likeness (QED) is 0.791. The summed E-state index contributed by atoms with van der Waals surface area (Å²) >= 11 is 0. The van der Waals surface area contributed by atoms with Gasteiger partial charge in [0.1, 0.15) is 0 Å². The van der Waals surface area contributed by atoms with E-state index in [0.717, 1.165) is 25.7 Å². The summed E-state index contributed by atoms with van der Waals surface area (Å²) in [6, 6.07) is 2.45. The lowest BCUT2D eigenvalue weighted by Crippen LogP contribution is -2.53. The molecule has 3 nitrogen and oxygen atoms in total. The predicted octanol–water partition coefficient (Wildman–Crippen LogP) is 3.27. The van der Waals surface area contributed by atoms with Gasteiger partial charge in [0.05, 0.1) is 17.1 Å². The fourth-order valence-electron chi connectivity index (χ4n) is 3.84.